The Morgan fingerprint density at radius 3 is 2.34 bits per heavy atom. The minimum atomic E-state index is -1.29. The lowest BCUT2D eigenvalue weighted by molar-refractivity contribution is -0.145. The molecule has 0 saturated carbocycles. The van der Waals surface area contributed by atoms with Crippen LogP contribution >= 0.6 is 0 Å². The predicted octanol–water partition coefficient (Wildman–Crippen LogP) is 5.10. The van der Waals surface area contributed by atoms with E-state index in [1.807, 2.05) is 5.32 Å². The van der Waals surface area contributed by atoms with Crippen LogP contribution in [0.15, 0.2) is 54.6 Å². The molecule has 3 aromatic rings. The molecule has 9 heteroatoms. The topological polar surface area (TPSA) is 64.6 Å². The Hall–Kier alpha value is -3.88. The maximum Gasteiger partial charge on any atom is 0.344 e. The van der Waals surface area contributed by atoms with Gasteiger partial charge >= 0.3 is 5.97 Å². The predicted molar refractivity (Wildman–Crippen MR) is 108 cm³/mol. The van der Waals surface area contributed by atoms with Crippen LogP contribution in [-0.2, 0) is 9.53 Å². The zero-order valence-corrected chi connectivity index (χ0v) is 16.8. The summed E-state index contributed by atoms with van der Waals surface area (Å²) in [5, 5.41) is 1.98. The molecule has 0 fully saturated rings. The normalized spacial score (nSPS) is 10.5. The number of hydrogen-bond acceptors (Lipinski definition) is 4. The maximum absolute atomic E-state index is 14.7. The van der Waals surface area contributed by atoms with Crippen LogP contribution in [0.1, 0.15) is 17.3 Å². The van der Waals surface area contributed by atoms with Gasteiger partial charge < -0.3 is 14.8 Å². The summed E-state index contributed by atoms with van der Waals surface area (Å²) in [6.45, 7) is 1.04. The van der Waals surface area contributed by atoms with E-state index in [-0.39, 0.29) is 6.61 Å². The number of nitrogens with one attached hydrogen (secondary N) is 1. The summed E-state index contributed by atoms with van der Waals surface area (Å²) in [6.07, 6.45) is 0. The van der Waals surface area contributed by atoms with Gasteiger partial charge in [-0.05, 0) is 54.4 Å². The van der Waals surface area contributed by atoms with Gasteiger partial charge in [-0.15, -0.1) is 0 Å². The van der Waals surface area contributed by atoms with E-state index in [9.17, 15) is 27.2 Å². The minimum absolute atomic E-state index is 0.0929. The fraction of sp³-hybridized carbons (Fsp3) is 0.130. The molecule has 0 aliphatic carbocycles. The van der Waals surface area contributed by atoms with Gasteiger partial charge in [-0.1, -0.05) is 18.2 Å². The molecule has 0 spiro atoms. The standard InChI is InChI=1S/C23H17F4NO4/c1-2-31-20(29)12-32-19-9-8-18(26)22(21(19)27)28-23(30)16-11-14(6-7-17(16)25)13-4-3-5-15(24)10-13/h3-11H,2,12H2,1H3,(H,28,30). The van der Waals surface area contributed by atoms with E-state index in [4.69, 9.17) is 4.74 Å². The number of carbonyl (C=O) groups excluding carboxylic acids is 2. The number of esters is 1. The molecule has 0 aliphatic rings. The average Bonchev–Trinajstić information content (AvgIpc) is 2.76. The van der Waals surface area contributed by atoms with E-state index < -0.39 is 58.8 Å². The van der Waals surface area contributed by atoms with Crippen molar-refractivity contribution in [2.24, 2.45) is 0 Å². The molecule has 0 radical (unpaired) electrons. The number of hydrogen-bond donors (Lipinski definition) is 1. The fourth-order valence-electron chi connectivity index (χ4n) is 2.83. The highest BCUT2D eigenvalue weighted by Crippen LogP contribution is 2.29. The van der Waals surface area contributed by atoms with Gasteiger partial charge in [-0.2, -0.15) is 0 Å². The van der Waals surface area contributed by atoms with Crippen LogP contribution in [0.3, 0.4) is 0 Å². The lowest BCUT2D eigenvalue weighted by Gasteiger charge is -2.13. The molecule has 1 N–H and O–H groups in total. The average molecular weight is 447 g/mol. The second-order valence-electron chi connectivity index (χ2n) is 6.49. The lowest BCUT2D eigenvalue weighted by Crippen LogP contribution is -2.18. The van der Waals surface area contributed by atoms with Gasteiger partial charge in [0.15, 0.2) is 18.2 Å². The van der Waals surface area contributed by atoms with Crippen LogP contribution in [0.5, 0.6) is 5.75 Å². The summed E-state index contributed by atoms with van der Waals surface area (Å²) >= 11 is 0. The van der Waals surface area contributed by atoms with Crippen molar-refractivity contribution in [2.75, 3.05) is 18.5 Å². The Bertz CT molecular complexity index is 1170. The van der Waals surface area contributed by atoms with Gasteiger partial charge in [0.25, 0.3) is 5.91 Å². The van der Waals surface area contributed by atoms with Crippen molar-refractivity contribution in [3.63, 3.8) is 0 Å². The lowest BCUT2D eigenvalue weighted by atomic mass is 10.0. The van der Waals surface area contributed by atoms with Gasteiger partial charge in [0.05, 0.1) is 12.2 Å². The molecule has 0 aromatic heterocycles. The van der Waals surface area contributed by atoms with Crippen molar-refractivity contribution < 1.29 is 36.6 Å². The number of anilines is 1. The first-order valence-electron chi connectivity index (χ1n) is 9.43. The Labute approximate surface area is 180 Å². The quantitative estimate of drug-likeness (QED) is 0.404. The zero-order valence-electron chi connectivity index (χ0n) is 16.8. The minimum Gasteiger partial charge on any atom is -0.479 e. The van der Waals surface area contributed by atoms with Crippen LogP contribution in [0.2, 0.25) is 0 Å². The zero-order chi connectivity index (χ0) is 23.3. The molecule has 0 aliphatic heterocycles. The summed E-state index contributed by atoms with van der Waals surface area (Å²) < 4.78 is 66.2. The van der Waals surface area contributed by atoms with Gasteiger partial charge in [0.1, 0.15) is 23.1 Å². The smallest absolute Gasteiger partial charge is 0.344 e. The molecule has 3 rings (SSSR count). The molecular weight excluding hydrogens is 430 g/mol. The summed E-state index contributed by atoms with van der Waals surface area (Å²) in [5.74, 6) is -6.31. The van der Waals surface area contributed by atoms with E-state index >= 15 is 0 Å². The first kappa shape index (κ1) is 22.8. The maximum atomic E-state index is 14.7. The summed E-state index contributed by atoms with van der Waals surface area (Å²) in [7, 11) is 0. The molecule has 3 aromatic carbocycles. The highest BCUT2D eigenvalue weighted by molar-refractivity contribution is 6.05. The second kappa shape index (κ2) is 9.95. The van der Waals surface area contributed by atoms with Gasteiger partial charge in [-0.3, -0.25) is 4.79 Å². The van der Waals surface area contributed by atoms with E-state index in [1.54, 1.807) is 13.0 Å². The summed E-state index contributed by atoms with van der Waals surface area (Å²) in [6, 6.07) is 10.6. The molecule has 0 atom stereocenters. The largest absolute Gasteiger partial charge is 0.479 e. The number of carbonyl (C=O) groups is 2. The number of rotatable bonds is 7. The first-order chi connectivity index (χ1) is 15.3. The van der Waals surface area contributed by atoms with Gasteiger partial charge in [0.2, 0.25) is 0 Å². The third-order valence-electron chi connectivity index (χ3n) is 4.31. The van der Waals surface area contributed by atoms with Crippen molar-refractivity contribution in [1.29, 1.82) is 0 Å². The van der Waals surface area contributed by atoms with Gasteiger partial charge in [0, 0.05) is 0 Å². The molecule has 0 bridgehead atoms. The van der Waals surface area contributed by atoms with E-state index in [1.165, 1.54) is 24.3 Å². The molecule has 0 saturated heterocycles. The number of amides is 1. The van der Waals surface area contributed by atoms with Gasteiger partial charge in [-0.25, -0.2) is 22.4 Å². The summed E-state index contributed by atoms with van der Waals surface area (Å²) in [5.41, 5.74) is -0.690. The Balaban J connectivity index is 1.86. The molecule has 32 heavy (non-hydrogen) atoms. The van der Waals surface area contributed by atoms with Crippen LogP contribution in [-0.4, -0.2) is 25.1 Å². The fourth-order valence-corrected chi connectivity index (χ4v) is 2.83. The van der Waals surface area contributed by atoms with Crippen molar-refractivity contribution in [3.05, 3.63) is 83.4 Å². The molecule has 0 unspecified atom stereocenters. The number of halogens is 4. The Kier molecular flexibility index (Phi) is 7.09. The molecule has 0 heterocycles. The monoisotopic (exact) mass is 447 g/mol. The highest BCUT2D eigenvalue weighted by Gasteiger charge is 2.21. The molecule has 5 nitrogen and oxygen atoms in total. The molecule has 1 amide bonds. The molecule has 166 valence electrons. The third kappa shape index (κ3) is 5.23. The van der Waals surface area contributed by atoms with E-state index in [2.05, 4.69) is 4.74 Å². The van der Waals surface area contributed by atoms with Crippen molar-refractivity contribution in [3.8, 4) is 16.9 Å². The highest BCUT2D eigenvalue weighted by atomic mass is 19.1. The molecular formula is C23H17F4NO4. The van der Waals surface area contributed by atoms with E-state index in [0.29, 0.717) is 11.1 Å². The SMILES string of the molecule is CCOC(=O)COc1ccc(F)c(NC(=O)c2cc(-c3cccc(F)c3)ccc2F)c1F. The Morgan fingerprint density at radius 1 is 0.906 bits per heavy atom. The second-order valence-corrected chi connectivity index (χ2v) is 6.49. The van der Waals surface area contributed by atoms with Crippen molar-refractivity contribution in [1.82, 2.24) is 0 Å². The first-order valence-corrected chi connectivity index (χ1v) is 9.43. The van der Waals surface area contributed by atoms with E-state index in [0.717, 1.165) is 24.3 Å². The third-order valence-corrected chi connectivity index (χ3v) is 4.31. The van der Waals surface area contributed by atoms with Crippen LogP contribution in [0, 0.1) is 23.3 Å². The number of benzene rings is 3. The van der Waals surface area contributed by atoms with Crippen molar-refractivity contribution >= 4 is 17.6 Å². The summed E-state index contributed by atoms with van der Waals surface area (Å²) in [4.78, 5) is 24.0. The van der Waals surface area contributed by atoms with Crippen LogP contribution in [0.4, 0.5) is 23.2 Å². The number of ether oxygens (including phenoxy) is 2. The van der Waals surface area contributed by atoms with Crippen LogP contribution in [0.25, 0.3) is 11.1 Å². The Morgan fingerprint density at radius 2 is 1.62 bits per heavy atom. The van der Waals surface area contributed by atoms with Crippen LogP contribution < -0.4 is 10.1 Å². The van der Waals surface area contributed by atoms with Crippen molar-refractivity contribution in [2.45, 2.75) is 6.92 Å².